The van der Waals surface area contributed by atoms with Crippen molar-refractivity contribution in [2.45, 2.75) is 19.5 Å². The largest absolute Gasteiger partial charge is 0.488 e. The number of nitrogens with zero attached hydrogens (tertiary/aromatic N) is 4. The van der Waals surface area contributed by atoms with E-state index in [-0.39, 0.29) is 23.5 Å². The minimum Gasteiger partial charge on any atom is -0.488 e. The van der Waals surface area contributed by atoms with Crippen LogP contribution in [0.15, 0.2) is 40.2 Å². The number of ether oxygens (including phenoxy) is 1. The Kier molecular flexibility index (Phi) is 5.30. The van der Waals surface area contributed by atoms with Crippen LogP contribution in [-0.2, 0) is 25.4 Å². The smallest absolute Gasteiger partial charge is 0.332 e. The van der Waals surface area contributed by atoms with Gasteiger partial charge in [0.25, 0.3) is 5.56 Å². The number of hydrogen-bond acceptors (Lipinski definition) is 5. The van der Waals surface area contributed by atoms with Crippen LogP contribution >= 0.6 is 0 Å². The first kappa shape index (κ1) is 19.3. The van der Waals surface area contributed by atoms with Crippen LogP contribution in [0.2, 0.25) is 0 Å². The molecule has 2 heterocycles. The van der Waals surface area contributed by atoms with Gasteiger partial charge >= 0.3 is 5.69 Å². The van der Waals surface area contributed by atoms with Gasteiger partial charge in [-0.05, 0) is 19.1 Å². The number of imidazole rings is 1. The molecule has 0 aliphatic rings. The Hall–Kier alpha value is -3.43. The molecule has 1 atom stereocenters. The number of aromatic nitrogens is 4. The lowest BCUT2D eigenvalue weighted by atomic mass is 10.3. The number of benzene rings is 1. The van der Waals surface area contributed by atoms with Gasteiger partial charge in [0.05, 0.1) is 12.4 Å². The molecule has 0 aliphatic carbocycles. The Bertz CT molecular complexity index is 1150. The lowest BCUT2D eigenvalue weighted by molar-refractivity contribution is -0.122. The van der Waals surface area contributed by atoms with Crippen LogP contribution in [-0.4, -0.2) is 37.2 Å². The van der Waals surface area contributed by atoms with Crippen molar-refractivity contribution in [1.29, 1.82) is 0 Å². The molecule has 9 nitrogen and oxygen atoms in total. The summed E-state index contributed by atoms with van der Waals surface area (Å²) in [6.07, 6.45) is 1.43. The number of rotatable bonds is 6. The maximum absolute atomic E-state index is 13.6. The second kappa shape index (κ2) is 7.67. The molecule has 0 saturated carbocycles. The van der Waals surface area contributed by atoms with Gasteiger partial charge in [-0.15, -0.1) is 0 Å². The van der Waals surface area contributed by atoms with Crippen molar-refractivity contribution in [3.8, 4) is 5.75 Å². The number of halogens is 1. The summed E-state index contributed by atoms with van der Waals surface area (Å²) in [5.74, 6) is -0.957. The topological polar surface area (TPSA) is 100 Å². The summed E-state index contributed by atoms with van der Waals surface area (Å²) < 4.78 is 22.5. The SMILES string of the molecule is CC(COc1ccccc1F)NC(=O)Cn1c(=O)c2c(ncn2C)n(C)c1=O. The zero-order valence-electron chi connectivity index (χ0n) is 15.7. The van der Waals surface area contributed by atoms with Crippen molar-refractivity contribution in [2.75, 3.05) is 6.61 Å². The van der Waals surface area contributed by atoms with Crippen molar-refractivity contribution in [3.05, 3.63) is 57.2 Å². The van der Waals surface area contributed by atoms with E-state index < -0.39 is 35.6 Å². The van der Waals surface area contributed by atoms with E-state index in [0.717, 1.165) is 4.57 Å². The molecular formula is C18H20FN5O4. The summed E-state index contributed by atoms with van der Waals surface area (Å²) in [6.45, 7) is 1.25. The van der Waals surface area contributed by atoms with E-state index in [4.69, 9.17) is 4.74 Å². The highest BCUT2D eigenvalue weighted by Gasteiger charge is 2.18. The van der Waals surface area contributed by atoms with Gasteiger partial charge in [-0.3, -0.25) is 14.2 Å². The van der Waals surface area contributed by atoms with Crippen LogP contribution in [0.5, 0.6) is 5.75 Å². The molecule has 1 N–H and O–H groups in total. The van der Waals surface area contributed by atoms with E-state index in [0.29, 0.717) is 0 Å². The first-order valence-corrected chi connectivity index (χ1v) is 8.57. The number of carbonyl (C=O) groups excluding carboxylic acids is 1. The van der Waals surface area contributed by atoms with Crippen molar-refractivity contribution in [1.82, 2.24) is 24.0 Å². The van der Waals surface area contributed by atoms with Crippen LogP contribution in [0.3, 0.4) is 0 Å². The van der Waals surface area contributed by atoms with E-state index in [2.05, 4.69) is 10.3 Å². The van der Waals surface area contributed by atoms with Gasteiger partial charge in [0.1, 0.15) is 13.2 Å². The van der Waals surface area contributed by atoms with E-state index in [1.807, 2.05) is 0 Å². The van der Waals surface area contributed by atoms with Crippen LogP contribution < -0.4 is 21.3 Å². The quantitative estimate of drug-likeness (QED) is 0.647. The molecule has 10 heteroatoms. The van der Waals surface area contributed by atoms with Gasteiger partial charge in [0.2, 0.25) is 5.91 Å². The molecule has 2 aromatic heterocycles. The zero-order valence-corrected chi connectivity index (χ0v) is 15.7. The molecule has 0 fully saturated rings. The summed E-state index contributed by atoms with van der Waals surface area (Å²) in [5.41, 5.74) is -0.753. The molecule has 0 saturated heterocycles. The number of hydrogen-bond donors (Lipinski definition) is 1. The van der Waals surface area contributed by atoms with Gasteiger partial charge in [0.15, 0.2) is 22.7 Å². The normalized spacial score (nSPS) is 12.1. The predicted octanol–water partition coefficient (Wildman–Crippen LogP) is 0.157. The fraction of sp³-hybridized carbons (Fsp3) is 0.333. The highest BCUT2D eigenvalue weighted by Crippen LogP contribution is 2.15. The summed E-state index contributed by atoms with van der Waals surface area (Å²) in [7, 11) is 3.12. The molecule has 1 aromatic carbocycles. The zero-order chi connectivity index (χ0) is 20.4. The molecule has 1 unspecified atom stereocenters. The molecule has 28 heavy (non-hydrogen) atoms. The Morgan fingerprint density at radius 2 is 2.00 bits per heavy atom. The highest BCUT2D eigenvalue weighted by atomic mass is 19.1. The van der Waals surface area contributed by atoms with Crippen LogP contribution in [0.25, 0.3) is 11.2 Å². The van der Waals surface area contributed by atoms with Crippen molar-refractivity contribution in [2.24, 2.45) is 14.1 Å². The maximum Gasteiger partial charge on any atom is 0.332 e. The third-order valence-electron chi connectivity index (χ3n) is 4.24. The van der Waals surface area contributed by atoms with E-state index in [1.165, 1.54) is 34.6 Å². The minimum absolute atomic E-state index is 0.0281. The number of para-hydroxylation sites is 1. The van der Waals surface area contributed by atoms with Crippen LogP contribution in [0.4, 0.5) is 4.39 Å². The van der Waals surface area contributed by atoms with Crippen LogP contribution in [0, 0.1) is 5.82 Å². The van der Waals surface area contributed by atoms with E-state index in [9.17, 15) is 18.8 Å². The van der Waals surface area contributed by atoms with Crippen molar-refractivity contribution in [3.63, 3.8) is 0 Å². The maximum atomic E-state index is 13.6. The first-order chi connectivity index (χ1) is 13.3. The monoisotopic (exact) mass is 389 g/mol. The van der Waals surface area contributed by atoms with Crippen molar-refractivity contribution < 1.29 is 13.9 Å². The molecule has 0 radical (unpaired) electrons. The van der Waals surface area contributed by atoms with Gasteiger partial charge in [-0.25, -0.2) is 18.7 Å². The molecule has 1 amide bonds. The lowest BCUT2D eigenvalue weighted by Crippen LogP contribution is -2.46. The second-order valence-corrected chi connectivity index (χ2v) is 6.47. The van der Waals surface area contributed by atoms with Gasteiger partial charge in [-0.1, -0.05) is 12.1 Å². The average Bonchev–Trinajstić information content (AvgIpc) is 3.04. The highest BCUT2D eigenvalue weighted by molar-refractivity contribution is 5.76. The third kappa shape index (κ3) is 3.66. The minimum atomic E-state index is -0.637. The Morgan fingerprint density at radius 3 is 2.71 bits per heavy atom. The molecular weight excluding hydrogens is 369 g/mol. The number of aryl methyl sites for hydroxylation is 2. The third-order valence-corrected chi connectivity index (χ3v) is 4.24. The van der Waals surface area contributed by atoms with E-state index >= 15 is 0 Å². The molecule has 0 bridgehead atoms. The Balaban J connectivity index is 1.71. The van der Waals surface area contributed by atoms with Gasteiger partial charge in [0, 0.05) is 14.1 Å². The second-order valence-electron chi connectivity index (χ2n) is 6.47. The lowest BCUT2D eigenvalue weighted by Gasteiger charge is -2.16. The number of amides is 1. The Morgan fingerprint density at radius 1 is 1.29 bits per heavy atom. The standard InChI is InChI=1S/C18H20FN5O4/c1-11(9-28-13-7-5-4-6-12(13)19)21-14(25)8-24-17(26)15-16(20-10-22(15)2)23(3)18(24)27/h4-7,10-11H,8-9H2,1-3H3,(H,21,25). The Labute approximate surface area is 159 Å². The van der Waals surface area contributed by atoms with Gasteiger partial charge < -0.3 is 14.6 Å². The molecule has 3 rings (SSSR count). The van der Waals surface area contributed by atoms with Crippen LogP contribution in [0.1, 0.15) is 6.92 Å². The summed E-state index contributed by atoms with van der Waals surface area (Å²) in [4.78, 5) is 41.3. The molecule has 0 aliphatic heterocycles. The fourth-order valence-electron chi connectivity index (χ4n) is 2.82. The predicted molar refractivity (Wildman–Crippen MR) is 99.7 cm³/mol. The fourth-order valence-corrected chi connectivity index (χ4v) is 2.82. The molecule has 3 aromatic rings. The number of nitrogens with one attached hydrogen (secondary N) is 1. The summed E-state index contributed by atoms with van der Waals surface area (Å²) in [6, 6.07) is 5.47. The van der Waals surface area contributed by atoms with Crippen molar-refractivity contribution >= 4 is 17.1 Å². The number of fused-ring (bicyclic) bond motifs is 1. The number of carbonyl (C=O) groups is 1. The molecule has 0 spiro atoms. The average molecular weight is 389 g/mol. The first-order valence-electron chi connectivity index (χ1n) is 8.57. The summed E-state index contributed by atoms with van der Waals surface area (Å²) >= 11 is 0. The van der Waals surface area contributed by atoms with Gasteiger partial charge in [-0.2, -0.15) is 0 Å². The van der Waals surface area contributed by atoms with E-state index in [1.54, 1.807) is 26.1 Å². The molecule has 148 valence electrons. The summed E-state index contributed by atoms with van der Waals surface area (Å²) in [5, 5.41) is 2.63.